The summed E-state index contributed by atoms with van der Waals surface area (Å²) in [5.41, 5.74) is 1.73. The predicted octanol–water partition coefficient (Wildman–Crippen LogP) is 5.12. The number of carbonyl (C=O) groups excluding carboxylic acids is 5. The number of fused-ring (bicyclic) bond motifs is 1. The molecule has 2 fully saturated rings. The van der Waals surface area contributed by atoms with Crippen molar-refractivity contribution in [1.82, 2.24) is 25.8 Å². The number of anilines is 5. The van der Waals surface area contributed by atoms with Gasteiger partial charge in [-0.3, -0.25) is 34.2 Å². The van der Waals surface area contributed by atoms with Gasteiger partial charge in [0.1, 0.15) is 17.6 Å². The second-order valence-corrected chi connectivity index (χ2v) is 13.8. The van der Waals surface area contributed by atoms with Crippen molar-refractivity contribution in [2.24, 2.45) is 0 Å². The molecule has 3 aliphatic rings. The fourth-order valence-corrected chi connectivity index (χ4v) is 7.27. The minimum absolute atomic E-state index is 0.0526. The molecule has 7 rings (SSSR count). The first-order valence-electron chi connectivity index (χ1n) is 18.3. The fraction of sp³-hybridized carbons (Fsp3) is 0.300. The second-order valence-electron chi connectivity index (χ2n) is 13.8. The smallest absolute Gasteiger partial charge is 0.419 e. The number of pyridine rings is 1. The van der Waals surface area contributed by atoms with E-state index in [1.54, 1.807) is 36.4 Å². The SMILES string of the molecule is CNC(=O)c1ccccc1Nc1cc(Nc2ccc(CNC3CCN(c4ccc5c(c4)C(=O)N(C4CCC(=O)NC4=O)C5=O)CC3)cc2OC)ncc1C(F)(F)F. The standard InChI is InChI=1S/C40H39F3N8O6/c1-44-36(53)26-5-3-4-6-29(26)47-31-19-34(46-21-28(31)40(41,42)43)48-30-10-7-22(17-33(30)57-2)20-45-23-13-15-50(16-14-23)24-8-9-25-27(18-24)39(56)51(38(25)55)32-11-12-35(52)49-37(32)54/h3-10,17-19,21,23,32,45H,11-16,20H2,1-2H3,(H,44,53)(H2,46,47,48)(H,49,52,54). The monoisotopic (exact) mass is 784 g/mol. The molecule has 2 saturated heterocycles. The van der Waals surface area contributed by atoms with Crippen molar-refractivity contribution >= 4 is 58.1 Å². The van der Waals surface area contributed by atoms with Crippen LogP contribution in [0.25, 0.3) is 0 Å². The molecule has 4 heterocycles. The Bertz CT molecular complexity index is 2260. The second kappa shape index (κ2) is 15.9. The first-order valence-corrected chi connectivity index (χ1v) is 18.3. The van der Waals surface area contributed by atoms with E-state index in [9.17, 15) is 37.1 Å². The number of rotatable bonds is 11. The van der Waals surface area contributed by atoms with E-state index in [0.717, 1.165) is 35.2 Å². The van der Waals surface area contributed by atoms with Gasteiger partial charge in [-0.15, -0.1) is 0 Å². The molecule has 5 N–H and O–H groups in total. The predicted molar refractivity (Wildman–Crippen MR) is 204 cm³/mol. The zero-order valence-corrected chi connectivity index (χ0v) is 31.0. The maximum Gasteiger partial charge on any atom is 0.419 e. The number of piperidine rings is 2. The number of para-hydroxylation sites is 1. The molecular weight excluding hydrogens is 745 g/mol. The summed E-state index contributed by atoms with van der Waals surface area (Å²) < 4.78 is 47.6. The molecule has 296 valence electrons. The molecule has 0 radical (unpaired) electrons. The summed E-state index contributed by atoms with van der Waals surface area (Å²) in [7, 11) is 2.93. The number of carbonyl (C=O) groups is 5. The molecule has 3 aromatic carbocycles. The first-order chi connectivity index (χ1) is 27.3. The number of alkyl halides is 3. The first kappa shape index (κ1) is 38.8. The topological polar surface area (TPSA) is 174 Å². The van der Waals surface area contributed by atoms with Crippen LogP contribution in [-0.4, -0.2) is 78.8 Å². The highest BCUT2D eigenvalue weighted by atomic mass is 19.4. The lowest BCUT2D eigenvalue weighted by Crippen LogP contribution is -2.54. The van der Waals surface area contributed by atoms with Crippen LogP contribution in [0.3, 0.4) is 0 Å². The molecule has 0 bridgehead atoms. The summed E-state index contributed by atoms with van der Waals surface area (Å²) in [4.78, 5) is 69.9. The number of nitrogens with zero attached hydrogens (tertiary/aromatic N) is 3. The van der Waals surface area contributed by atoms with Crippen molar-refractivity contribution in [1.29, 1.82) is 0 Å². The Balaban J connectivity index is 0.969. The Morgan fingerprint density at radius 3 is 2.37 bits per heavy atom. The Morgan fingerprint density at radius 1 is 0.895 bits per heavy atom. The Hall–Kier alpha value is -6.49. The number of hydrogen-bond acceptors (Lipinski definition) is 11. The summed E-state index contributed by atoms with van der Waals surface area (Å²) in [5, 5.41) is 14.1. The largest absolute Gasteiger partial charge is 0.495 e. The van der Waals surface area contributed by atoms with Crippen LogP contribution in [0.2, 0.25) is 0 Å². The third-order valence-corrected chi connectivity index (χ3v) is 10.3. The average Bonchev–Trinajstić information content (AvgIpc) is 3.45. The van der Waals surface area contributed by atoms with Crippen molar-refractivity contribution in [2.75, 3.05) is 42.8 Å². The molecule has 1 unspecified atom stereocenters. The van der Waals surface area contributed by atoms with E-state index >= 15 is 0 Å². The molecule has 3 aliphatic heterocycles. The van der Waals surface area contributed by atoms with E-state index in [1.807, 2.05) is 12.1 Å². The number of amides is 5. The lowest BCUT2D eigenvalue weighted by Gasteiger charge is -2.34. The maximum atomic E-state index is 14.0. The molecule has 57 heavy (non-hydrogen) atoms. The molecule has 0 saturated carbocycles. The van der Waals surface area contributed by atoms with E-state index in [2.05, 4.69) is 36.5 Å². The number of hydrogen-bond donors (Lipinski definition) is 5. The van der Waals surface area contributed by atoms with E-state index in [-0.39, 0.29) is 52.8 Å². The van der Waals surface area contributed by atoms with Crippen LogP contribution in [-0.2, 0) is 22.3 Å². The lowest BCUT2D eigenvalue weighted by atomic mass is 10.0. The third-order valence-electron chi connectivity index (χ3n) is 10.3. The minimum atomic E-state index is -4.72. The number of nitrogens with one attached hydrogen (secondary N) is 5. The maximum absolute atomic E-state index is 14.0. The number of methoxy groups -OCH3 is 1. The lowest BCUT2D eigenvalue weighted by molar-refractivity contribution is -0.137. The minimum Gasteiger partial charge on any atom is -0.495 e. The van der Waals surface area contributed by atoms with Crippen LogP contribution in [0.5, 0.6) is 5.75 Å². The van der Waals surface area contributed by atoms with Crippen LogP contribution < -0.4 is 36.2 Å². The molecule has 4 aromatic rings. The summed E-state index contributed by atoms with van der Waals surface area (Å²) in [5.74, 6) is -2.06. The van der Waals surface area contributed by atoms with Crippen molar-refractivity contribution in [2.45, 2.75) is 50.5 Å². The van der Waals surface area contributed by atoms with E-state index in [0.29, 0.717) is 31.1 Å². The highest BCUT2D eigenvalue weighted by Gasteiger charge is 2.45. The van der Waals surface area contributed by atoms with E-state index < -0.39 is 47.3 Å². The Labute approximate surface area is 325 Å². The molecule has 14 nitrogen and oxygen atoms in total. The zero-order chi connectivity index (χ0) is 40.4. The third kappa shape index (κ3) is 8.09. The summed E-state index contributed by atoms with van der Waals surface area (Å²) in [6.45, 7) is 1.90. The average molecular weight is 785 g/mol. The van der Waals surface area contributed by atoms with Crippen LogP contribution in [0.15, 0.2) is 72.9 Å². The van der Waals surface area contributed by atoms with Gasteiger partial charge in [-0.05, 0) is 67.3 Å². The van der Waals surface area contributed by atoms with Gasteiger partial charge in [0.25, 0.3) is 17.7 Å². The highest BCUT2D eigenvalue weighted by Crippen LogP contribution is 2.39. The normalized spacial score (nSPS) is 17.3. The van der Waals surface area contributed by atoms with Gasteiger partial charge in [0.05, 0.1) is 46.4 Å². The fourth-order valence-electron chi connectivity index (χ4n) is 7.27. The molecule has 17 heteroatoms. The Kier molecular flexibility index (Phi) is 10.8. The molecule has 1 atom stereocenters. The van der Waals surface area contributed by atoms with Crippen molar-refractivity contribution in [3.8, 4) is 5.75 Å². The van der Waals surface area contributed by atoms with Gasteiger partial charge in [-0.2, -0.15) is 13.2 Å². The molecular formula is C40H39F3N8O6. The Morgan fingerprint density at radius 2 is 1.65 bits per heavy atom. The van der Waals surface area contributed by atoms with E-state index in [1.165, 1.54) is 32.4 Å². The van der Waals surface area contributed by atoms with Crippen LogP contribution >= 0.6 is 0 Å². The summed E-state index contributed by atoms with van der Waals surface area (Å²) in [6.07, 6.45) is -2.25. The van der Waals surface area contributed by atoms with Gasteiger partial charge in [0.15, 0.2) is 0 Å². The van der Waals surface area contributed by atoms with Gasteiger partial charge in [-0.25, -0.2) is 4.98 Å². The van der Waals surface area contributed by atoms with Gasteiger partial charge >= 0.3 is 6.18 Å². The number of ether oxygens (including phenoxy) is 1. The highest BCUT2D eigenvalue weighted by molar-refractivity contribution is 6.23. The quantitative estimate of drug-likeness (QED) is 0.128. The van der Waals surface area contributed by atoms with Crippen molar-refractivity contribution in [3.63, 3.8) is 0 Å². The molecule has 5 amide bonds. The molecule has 0 aliphatic carbocycles. The zero-order valence-electron chi connectivity index (χ0n) is 31.0. The summed E-state index contributed by atoms with van der Waals surface area (Å²) >= 11 is 0. The number of benzene rings is 3. The van der Waals surface area contributed by atoms with Gasteiger partial charge in [0, 0.05) is 57.1 Å². The van der Waals surface area contributed by atoms with Gasteiger partial charge in [-0.1, -0.05) is 18.2 Å². The van der Waals surface area contributed by atoms with Gasteiger partial charge < -0.3 is 30.9 Å². The van der Waals surface area contributed by atoms with Crippen molar-refractivity contribution < 1.29 is 41.9 Å². The number of aromatic nitrogens is 1. The molecule has 0 spiro atoms. The number of halogens is 3. The number of imide groups is 2. The van der Waals surface area contributed by atoms with Crippen molar-refractivity contribution in [3.05, 3.63) is 101 Å². The van der Waals surface area contributed by atoms with Gasteiger partial charge in [0.2, 0.25) is 11.8 Å². The van der Waals surface area contributed by atoms with Crippen LogP contribution in [0.1, 0.15) is 67.9 Å². The van der Waals surface area contributed by atoms with Crippen LogP contribution in [0.4, 0.5) is 41.7 Å². The molecule has 1 aromatic heterocycles. The van der Waals surface area contributed by atoms with Crippen LogP contribution in [0, 0.1) is 0 Å². The summed E-state index contributed by atoms with van der Waals surface area (Å²) in [6, 6.07) is 17.2. The van der Waals surface area contributed by atoms with E-state index in [4.69, 9.17) is 4.74 Å².